The van der Waals surface area contributed by atoms with Gasteiger partial charge in [0, 0.05) is 36.0 Å². The van der Waals surface area contributed by atoms with E-state index in [9.17, 15) is 9.59 Å². The summed E-state index contributed by atoms with van der Waals surface area (Å²) >= 11 is 1.26. The highest BCUT2D eigenvalue weighted by Gasteiger charge is 2.17. The fourth-order valence-corrected chi connectivity index (χ4v) is 3.36. The topological polar surface area (TPSA) is 74.1 Å². The molecule has 3 heterocycles. The molecule has 122 valence electrons. The number of aromatic nitrogens is 3. The Bertz CT molecular complexity index is 969. The van der Waals surface area contributed by atoms with E-state index in [2.05, 4.69) is 10.1 Å². The summed E-state index contributed by atoms with van der Waals surface area (Å²) in [6.45, 7) is 1.83. The molecule has 24 heavy (non-hydrogen) atoms. The number of aryl methyl sites for hydroxylation is 2. The molecule has 3 aromatic heterocycles. The average Bonchev–Trinajstić information content (AvgIpc) is 3.15. The van der Waals surface area contributed by atoms with Gasteiger partial charge in [0.15, 0.2) is 5.78 Å². The molecule has 3 aromatic rings. The Labute approximate surface area is 142 Å². The molecule has 3 rings (SSSR count). The Morgan fingerprint density at radius 1 is 1.33 bits per heavy atom. The van der Waals surface area contributed by atoms with Gasteiger partial charge >= 0.3 is 5.97 Å². The molecule has 0 unspecified atom stereocenters. The zero-order chi connectivity index (χ0) is 17.3. The van der Waals surface area contributed by atoms with E-state index < -0.39 is 0 Å². The summed E-state index contributed by atoms with van der Waals surface area (Å²) < 4.78 is 6.44. The molecule has 0 fully saturated rings. The van der Waals surface area contributed by atoms with Crippen molar-refractivity contribution in [3.8, 4) is 0 Å². The van der Waals surface area contributed by atoms with Gasteiger partial charge in [0.05, 0.1) is 13.3 Å². The maximum absolute atomic E-state index is 12.3. The van der Waals surface area contributed by atoms with Crippen LogP contribution in [-0.2, 0) is 11.8 Å². The van der Waals surface area contributed by atoms with E-state index in [1.807, 2.05) is 20.2 Å². The van der Waals surface area contributed by atoms with Crippen LogP contribution in [0.5, 0.6) is 0 Å². The van der Waals surface area contributed by atoms with Gasteiger partial charge in [-0.15, -0.1) is 11.3 Å². The number of hydrogen-bond acceptors (Lipinski definition) is 6. The van der Waals surface area contributed by atoms with Crippen molar-refractivity contribution < 1.29 is 14.3 Å². The largest absolute Gasteiger partial charge is 0.465 e. The molecule has 7 heteroatoms. The highest BCUT2D eigenvalue weighted by atomic mass is 32.1. The Kier molecular flexibility index (Phi) is 4.26. The van der Waals surface area contributed by atoms with Crippen LogP contribution < -0.4 is 0 Å². The summed E-state index contributed by atoms with van der Waals surface area (Å²) in [5, 5.41) is 4.84. The van der Waals surface area contributed by atoms with Crippen LogP contribution in [0.15, 0.2) is 30.7 Å². The van der Waals surface area contributed by atoms with E-state index in [-0.39, 0.29) is 11.8 Å². The van der Waals surface area contributed by atoms with Gasteiger partial charge in [-0.25, -0.2) is 9.78 Å². The number of methoxy groups -OCH3 is 1. The minimum Gasteiger partial charge on any atom is -0.465 e. The molecule has 0 aliphatic heterocycles. The van der Waals surface area contributed by atoms with E-state index in [0.29, 0.717) is 15.3 Å². The van der Waals surface area contributed by atoms with Crippen molar-refractivity contribution in [1.29, 1.82) is 0 Å². The van der Waals surface area contributed by atoms with Crippen LogP contribution in [-0.4, -0.2) is 33.6 Å². The number of pyridine rings is 1. The fraction of sp³-hybridized carbons (Fsp3) is 0.176. The standard InChI is InChI=1S/C17H15N3O3S/c1-10-13-6-12(8-18-16(13)24-15(10)17(22)23-3)14(21)5-4-11-7-19-20(2)9-11/h4-9H,1-3H3/b5-4+. The van der Waals surface area contributed by atoms with E-state index in [0.717, 1.165) is 16.5 Å². The number of hydrogen-bond donors (Lipinski definition) is 0. The van der Waals surface area contributed by atoms with E-state index in [4.69, 9.17) is 4.74 Å². The number of ketones is 1. The van der Waals surface area contributed by atoms with Crippen LogP contribution in [0.4, 0.5) is 0 Å². The van der Waals surface area contributed by atoms with Crippen molar-refractivity contribution >= 4 is 39.4 Å². The fourth-order valence-electron chi connectivity index (χ4n) is 2.31. The van der Waals surface area contributed by atoms with Crippen LogP contribution in [0.1, 0.15) is 31.2 Å². The van der Waals surface area contributed by atoms with Crippen LogP contribution in [0.2, 0.25) is 0 Å². The molecule has 0 amide bonds. The molecule has 0 atom stereocenters. The van der Waals surface area contributed by atoms with Gasteiger partial charge in [0.1, 0.15) is 9.71 Å². The lowest BCUT2D eigenvalue weighted by Crippen LogP contribution is -1.99. The summed E-state index contributed by atoms with van der Waals surface area (Å²) in [5.41, 5.74) is 2.10. The lowest BCUT2D eigenvalue weighted by atomic mass is 10.1. The maximum atomic E-state index is 12.3. The number of nitrogens with zero attached hydrogens (tertiary/aromatic N) is 3. The van der Waals surface area contributed by atoms with Gasteiger partial charge in [-0.1, -0.05) is 0 Å². The first-order valence-corrected chi connectivity index (χ1v) is 7.99. The third kappa shape index (κ3) is 2.98. The highest BCUT2D eigenvalue weighted by molar-refractivity contribution is 7.20. The van der Waals surface area contributed by atoms with Crippen molar-refractivity contribution in [1.82, 2.24) is 14.8 Å². The Morgan fingerprint density at radius 2 is 2.12 bits per heavy atom. The van der Waals surface area contributed by atoms with Gasteiger partial charge in [-0.2, -0.15) is 5.10 Å². The molecule has 0 aromatic carbocycles. The van der Waals surface area contributed by atoms with Gasteiger partial charge in [0.25, 0.3) is 0 Å². The first-order valence-electron chi connectivity index (χ1n) is 7.18. The van der Waals surface area contributed by atoms with Gasteiger partial charge < -0.3 is 4.74 Å². The summed E-state index contributed by atoms with van der Waals surface area (Å²) in [6.07, 6.45) is 8.21. The quantitative estimate of drug-likeness (QED) is 0.414. The number of fused-ring (bicyclic) bond motifs is 1. The normalized spacial score (nSPS) is 11.3. The van der Waals surface area contributed by atoms with Crippen LogP contribution >= 0.6 is 11.3 Å². The smallest absolute Gasteiger partial charge is 0.348 e. The SMILES string of the molecule is COC(=O)c1sc2ncc(C(=O)/C=C/c3cnn(C)c3)cc2c1C. The molecule has 0 bridgehead atoms. The number of allylic oxidation sites excluding steroid dienone is 1. The average molecular weight is 341 g/mol. The monoisotopic (exact) mass is 341 g/mol. The number of carbonyl (C=O) groups excluding carboxylic acids is 2. The van der Waals surface area contributed by atoms with E-state index in [1.54, 1.807) is 23.0 Å². The second kappa shape index (κ2) is 6.37. The summed E-state index contributed by atoms with van der Waals surface area (Å²) in [5.74, 6) is -0.543. The molecule has 0 aliphatic carbocycles. The van der Waals surface area contributed by atoms with E-state index in [1.165, 1.54) is 30.7 Å². The number of ether oxygens (including phenoxy) is 1. The number of rotatable bonds is 4. The molecule has 0 radical (unpaired) electrons. The first kappa shape index (κ1) is 16.1. The van der Waals surface area contributed by atoms with Gasteiger partial charge in [-0.3, -0.25) is 9.48 Å². The zero-order valence-corrected chi connectivity index (χ0v) is 14.3. The number of thiophene rings is 1. The molecular weight excluding hydrogens is 326 g/mol. The van der Waals surface area contributed by atoms with Gasteiger partial charge in [0.2, 0.25) is 0 Å². The molecule has 6 nitrogen and oxygen atoms in total. The predicted molar refractivity (Wildman–Crippen MR) is 92.3 cm³/mol. The molecule has 0 saturated carbocycles. The van der Waals surface area contributed by atoms with Crippen molar-refractivity contribution in [2.45, 2.75) is 6.92 Å². The molecule has 0 saturated heterocycles. The Morgan fingerprint density at radius 3 is 2.79 bits per heavy atom. The van der Waals surface area contributed by atoms with Crippen molar-refractivity contribution in [3.63, 3.8) is 0 Å². The Balaban J connectivity index is 1.92. The third-order valence-corrected chi connectivity index (χ3v) is 4.80. The summed E-state index contributed by atoms with van der Waals surface area (Å²) in [6, 6.07) is 1.76. The number of esters is 1. The van der Waals surface area contributed by atoms with Crippen molar-refractivity contribution in [3.05, 3.63) is 52.3 Å². The third-order valence-electron chi connectivity index (χ3n) is 3.60. The second-order valence-corrected chi connectivity index (χ2v) is 6.27. The van der Waals surface area contributed by atoms with Crippen LogP contribution in [0.3, 0.4) is 0 Å². The predicted octanol–water partition coefficient (Wildman–Crippen LogP) is 3.02. The van der Waals surface area contributed by atoms with Crippen molar-refractivity contribution in [2.24, 2.45) is 7.05 Å². The maximum Gasteiger partial charge on any atom is 0.348 e. The van der Waals surface area contributed by atoms with Crippen molar-refractivity contribution in [2.75, 3.05) is 7.11 Å². The first-order chi connectivity index (χ1) is 11.5. The second-order valence-electron chi connectivity index (χ2n) is 5.27. The van der Waals surface area contributed by atoms with Gasteiger partial charge in [-0.05, 0) is 30.7 Å². The van der Waals surface area contributed by atoms with Crippen LogP contribution in [0.25, 0.3) is 16.3 Å². The van der Waals surface area contributed by atoms with E-state index >= 15 is 0 Å². The van der Waals surface area contributed by atoms with Crippen LogP contribution in [0, 0.1) is 6.92 Å². The highest BCUT2D eigenvalue weighted by Crippen LogP contribution is 2.30. The summed E-state index contributed by atoms with van der Waals surface area (Å²) in [7, 11) is 3.16. The minimum atomic E-state index is -0.389. The zero-order valence-electron chi connectivity index (χ0n) is 13.4. The lowest BCUT2D eigenvalue weighted by Gasteiger charge is -1.98. The minimum absolute atomic E-state index is 0.154. The molecule has 0 aliphatic rings. The lowest BCUT2D eigenvalue weighted by molar-refractivity contribution is 0.0605. The Hall–Kier alpha value is -2.80. The molecule has 0 spiro atoms. The molecular formula is C17H15N3O3S. The number of carbonyl (C=O) groups is 2. The summed E-state index contributed by atoms with van der Waals surface area (Å²) in [4.78, 5) is 29.6. The molecule has 0 N–H and O–H groups in total.